The number of ether oxygens (including phenoxy) is 1. The fraction of sp³-hybridized carbons (Fsp3) is 1.00. The SMILES string of the molecule is CCCCCCCCN1C[C@@H](C)O[C@H](C)C1. The van der Waals surface area contributed by atoms with Crippen LogP contribution in [-0.2, 0) is 4.74 Å². The summed E-state index contributed by atoms with van der Waals surface area (Å²) in [5, 5.41) is 0. The minimum absolute atomic E-state index is 0.420. The summed E-state index contributed by atoms with van der Waals surface area (Å²) >= 11 is 0. The van der Waals surface area contributed by atoms with Crippen LogP contribution in [0.4, 0.5) is 0 Å². The molecule has 0 saturated carbocycles. The largest absolute Gasteiger partial charge is 0.373 e. The van der Waals surface area contributed by atoms with Gasteiger partial charge in [-0.3, -0.25) is 4.90 Å². The van der Waals surface area contributed by atoms with Gasteiger partial charge in [0.2, 0.25) is 0 Å². The Morgan fingerprint density at radius 1 is 0.938 bits per heavy atom. The fourth-order valence-corrected chi connectivity index (χ4v) is 2.58. The van der Waals surface area contributed by atoms with Crippen LogP contribution >= 0.6 is 0 Å². The molecule has 1 fully saturated rings. The summed E-state index contributed by atoms with van der Waals surface area (Å²) in [7, 11) is 0. The van der Waals surface area contributed by atoms with Crippen molar-refractivity contribution in [2.75, 3.05) is 19.6 Å². The van der Waals surface area contributed by atoms with Crippen LogP contribution in [0.2, 0.25) is 0 Å². The molecule has 0 radical (unpaired) electrons. The summed E-state index contributed by atoms with van der Waals surface area (Å²) in [5.41, 5.74) is 0. The van der Waals surface area contributed by atoms with Crippen LogP contribution < -0.4 is 0 Å². The lowest BCUT2D eigenvalue weighted by atomic mass is 10.1. The van der Waals surface area contributed by atoms with Gasteiger partial charge in [0, 0.05) is 13.1 Å². The third-order valence-corrected chi connectivity index (χ3v) is 3.32. The topological polar surface area (TPSA) is 12.5 Å². The third-order valence-electron chi connectivity index (χ3n) is 3.32. The predicted molar refractivity (Wildman–Crippen MR) is 69.8 cm³/mol. The lowest BCUT2D eigenvalue weighted by molar-refractivity contribution is -0.0681. The van der Waals surface area contributed by atoms with E-state index in [1.165, 1.54) is 45.1 Å². The summed E-state index contributed by atoms with van der Waals surface area (Å²) in [6, 6.07) is 0. The number of morpholine rings is 1. The standard InChI is InChI=1S/C14H29NO/c1-4-5-6-7-8-9-10-15-11-13(2)16-14(3)12-15/h13-14H,4-12H2,1-3H3/t13-,14-/m1/s1. The quantitative estimate of drug-likeness (QED) is 0.618. The molecule has 0 unspecified atom stereocenters. The van der Waals surface area contributed by atoms with Crippen molar-refractivity contribution in [2.24, 2.45) is 0 Å². The molecule has 1 rings (SSSR count). The zero-order chi connectivity index (χ0) is 11.8. The van der Waals surface area contributed by atoms with Crippen LogP contribution in [0.3, 0.4) is 0 Å². The van der Waals surface area contributed by atoms with Crippen LogP contribution in [0.15, 0.2) is 0 Å². The average Bonchev–Trinajstić information content (AvgIpc) is 2.22. The Morgan fingerprint density at radius 3 is 2.12 bits per heavy atom. The highest BCUT2D eigenvalue weighted by molar-refractivity contribution is 4.72. The van der Waals surface area contributed by atoms with E-state index in [0.717, 1.165) is 13.1 Å². The second kappa shape index (κ2) is 8.08. The first-order valence-electron chi connectivity index (χ1n) is 7.10. The van der Waals surface area contributed by atoms with Gasteiger partial charge in [-0.2, -0.15) is 0 Å². The maximum Gasteiger partial charge on any atom is 0.0678 e. The van der Waals surface area contributed by atoms with Gasteiger partial charge in [0.25, 0.3) is 0 Å². The van der Waals surface area contributed by atoms with E-state index in [9.17, 15) is 0 Å². The van der Waals surface area contributed by atoms with E-state index in [2.05, 4.69) is 25.7 Å². The van der Waals surface area contributed by atoms with Crippen molar-refractivity contribution in [1.29, 1.82) is 0 Å². The highest BCUT2D eigenvalue weighted by atomic mass is 16.5. The average molecular weight is 227 g/mol. The summed E-state index contributed by atoms with van der Waals surface area (Å²) in [6.45, 7) is 10.2. The van der Waals surface area contributed by atoms with E-state index < -0.39 is 0 Å². The van der Waals surface area contributed by atoms with Gasteiger partial charge < -0.3 is 4.74 Å². The lowest BCUT2D eigenvalue weighted by Gasteiger charge is -2.35. The molecule has 0 bridgehead atoms. The normalized spacial score (nSPS) is 27.2. The van der Waals surface area contributed by atoms with Crippen molar-refractivity contribution < 1.29 is 4.74 Å². The molecular weight excluding hydrogens is 198 g/mol. The molecule has 0 aromatic heterocycles. The minimum Gasteiger partial charge on any atom is -0.373 e. The van der Waals surface area contributed by atoms with E-state index in [-0.39, 0.29) is 0 Å². The molecule has 0 aromatic carbocycles. The molecule has 1 saturated heterocycles. The molecule has 16 heavy (non-hydrogen) atoms. The Morgan fingerprint density at radius 2 is 1.50 bits per heavy atom. The molecule has 96 valence electrons. The second-order valence-electron chi connectivity index (χ2n) is 5.28. The van der Waals surface area contributed by atoms with Gasteiger partial charge >= 0.3 is 0 Å². The van der Waals surface area contributed by atoms with Crippen LogP contribution in [0.25, 0.3) is 0 Å². The Labute approximate surface area is 101 Å². The van der Waals surface area contributed by atoms with Crippen LogP contribution in [-0.4, -0.2) is 36.7 Å². The van der Waals surface area contributed by atoms with Crippen molar-refractivity contribution in [2.45, 2.75) is 71.5 Å². The summed E-state index contributed by atoms with van der Waals surface area (Å²) in [4.78, 5) is 2.57. The number of hydrogen-bond donors (Lipinski definition) is 0. The molecule has 1 aliphatic rings. The van der Waals surface area contributed by atoms with Gasteiger partial charge in [-0.25, -0.2) is 0 Å². The Hall–Kier alpha value is -0.0800. The highest BCUT2D eigenvalue weighted by Gasteiger charge is 2.21. The first-order valence-corrected chi connectivity index (χ1v) is 7.10. The molecule has 1 heterocycles. The summed E-state index contributed by atoms with van der Waals surface area (Å²) in [5.74, 6) is 0. The van der Waals surface area contributed by atoms with Crippen LogP contribution in [0.5, 0.6) is 0 Å². The maximum atomic E-state index is 5.73. The number of rotatable bonds is 7. The molecule has 0 aromatic rings. The Balaban J connectivity index is 1.99. The van der Waals surface area contributed by atoms with Crippen molar-refractivity contribution in [1.82, 2.24) is 4.90 Å². The monoisotopic (exact) mass is 227 g/mol. The van der Waals surface area contributed by atoms with Crippen LogP contribution in [0, 0.1) is 0 Å². The van der Waals surface area contributed by atoms with E-state index in [4.69, 9.17) is 4.74 Å². The maximum absolute atomic E-state index is 5.73. The summed E-state index contributed by atoms with van der Waals surface area (Å²) in [6.07, 6.45) is 9.20. The Kier molecular flexibility index (Phi) is 7.06. The number of unbranched alkanes of at least 4 members (excludes halogenated alkanes) is 5. The van der Waals surface area contributed by atoms with Crippen LogP contribution in [0.1, 0.15) is 59.3 Å². The molecule has 0 spiro atoms. The smallest absolute Gasteiger partial charge is 0.0678 e. The van der Waals surface area contributed by atoms with E-state index in [1.54, 1.807) is 0 Å². The molecular formula is C14H29NO. The zero-order valence-electron chi connectivity index (χ0n) is 11.4. The fourth-order valence-electron chi connectivity index (χ4n) is 2.58. The van der Waals surface area contributed by atoms with Crippen molar-refractivity contribution in [3.63, 3.8) is 0 Å². The molecule has 2 heteroatoms. The minimum atomic E-state index is 0.420. The number of nitrogens with zero attached hydrogens (tertiary/aromatic N) is 1. The summed E-state index contributed by atoms with van der Waals surface area (Å²) < 4.78 is 5.73. The lowest BCUT2D eigenvalue weighted by Crippen LogP contribution is -2.45. The second-order valence-corrected chi connectivity index (χ2v) is 5.28. The van der Waals surface area contributed by atoms with Gasteiger partial charge in [0.15, 0.2) is 0 Å². The molecule has 2 atom stereocenters. The van der Waals surface area contributed by atoms with Gasteiger partial charge in [-0.1, -0.05) is 39.0 Å². The van der Waals surface area contributed by atoms with E-state index >= 15 is 0 Å². The van der Waals surface area contributed by atoms with Gasteiger partial charge in [-0.15, -0.1) is 0 Å². The first-order chi connectivity index (χ1) is 7.72. The third kappa shape index (κ3) is 5.86. The van der Waals surface area contributed by atoms with Gasteiger partial charge in [0.05, 0.1) is 12.2 Å². The van der Waals surface area contributed by atoms with Crippen molar-refractivity contribution >= 4 is 0 Å². The number of hydrogen-bond acceptors (Lipinski definition) is 2. The van der Waals surface area contributed by atoms with Crippen molar-refractivity contribution in [3.05, 3.63) is 0 Å². The molecule has 0 amide bonds. The Bertz CT molecular complexity index is 162. The predicted octanol–water partition coefficient (Wildman–Crippen LogP) is 3.46. The zero-order valence-corrected chi connectivity index (χ0v) is 11.4. The highest BCUT2D eigenvalue weighted by Crippen LogP contribution is 2.12. The van der Waals surface area contributed by atoms with E-state index in [0.29, 0.717) is 12.2 Å². The van der Waals surface area contributed by atoms with E-state index in [1.807, 2.05) is 0 Å². The van der Waals surface area contributed by atoms with Crippen molar-refractivity contribution in [3.8, 4) is 0 Å². The molecule has 1 aliphatic heterocycles. The molecule has 0 N–H and O–H groups in total. The van der Waals surface area contributed by atoms with Gasteiger partial charge in [0.1, 0.15) is 0 Å². The first kappa shape index (κ1) is 14.0. The van der Waals surface area contributed by atoms with Gasteiger partial charge in [-0.05, 0) is 26.8 Å². The molecule has 2 nitrogen and oxygen atoms in total. The molecule has 0 aliphatic carbocycles.